The number of hydrogen-bond acceptors (Lipinski definition) is 5. The normalized spacial score (nSPS) is 15.3. The van der Waals surface area contributed by atoms with Gasteiger partial charge in [0.25, 0.3) is 0 Å². The molecule has 0 aromatic heterocycles. The van der Waals surface area contributed by atoms with Gasteiger partial charge in [-0.2, -0.15) is 0 Å². The first kappa shape index (κ1) is 19.9. The van der Waals surface area contributed by atoms with Gasteiger partial charge in [-0.1, -0.05) is 0 Å². The van der Waals surface area contributed by atoms with E-state index in [2.05, 4.69) is 5.32 Å². The highest BCUT2D eigenvalue weighted by Gasteiger charge is 2.30. The van der Waals surface area contributed by atoms with Crippen LogP contribution in [0.4, 0.5) is 10.5 Å². The maximum Gasteiger partial charge on any atom is 0.410 e. The average Bonchev–Trinajstić information content (AvgIpc) is 2.60. The summed E-state index contributed by atoms with van der Waals surface area (Å²) in [7, 11) is 3.12. The van der Waals surface area contributed by atoms with Gasteiger partial charge in [0.15, 0.2) is 0 Å². The fourth-order valence-corrected chi connectivity index (χ4v) is 2.80. The number of carbonyl (C=O) groups is 2. The summed E-state index contributed by atoms with van der Waals surface area (Å²) in [5, 5.41) is 2.91. The van der Waals surface area contributed by atoms with E-state index in [4.69, 9.17) is 14.2 Å². The summed E-state index contributed by atoms with van der Waals surface area (Å²) in [4.78, 5) is 26.4. The first-order chi connectivity index (χ1) is 12.2. The summed E-state index contributed by atoms with van der Waals surface area (Å²) in [5.41, 5.74) is 0.0558. The highest BCUT2D eigenvalue weighted by Crippen LogP contribution is 2.30. The van der Waals surface area contributed by atoms with Crippen LogP contribution in [-0.2, 0) is 9.53 Å². The zero-order chi connectivity index (χ0) is 19.3. The third-order valence-electron chi connectivity index (χ3n) is 4.18. The molecule has 2 rings (SSSR count). The van der Waals surface area contributed by atoms with Gasteiger partial charge in [0, 0.05) is 25.1 Å². The van der Waals surface area contributed by atoms with E-state index in [-0.39, 0.29) is 17.9 Å². The summed E-state index contributed by atoms with van der Waals surface area (Å²) < 4.78 is 15.9. The maximum absolute atomic E-state index is 12.6. The summed E-state index contributed by atoms with van der Waals surface area (Å²) in [5.74, 6) is 0.969. The van der Waals surface area contributed by atoms with Crippen molar-refractivity contribution in [3.63, 3.8) is 0 Å². The van der Waals surface area contributed by atoms with Crippen LogP contribution in [0.5, 0.6) is 11.5 Å². The molecule has 0 saturated carbocycles. The zero-order valence-electron chi connectivity index (χ0n) is 16.1. The van der Waals surface area contributed by atoms with Crippen molar-refractivity contribution in [2.24, 2.45) is 5.92 Å². The number of ether oxygens (including phenoxy) is 3. The highest BCUT2D eigenvalue weighted by molar-refractivity contribution is 5.94. The van der Waals surface area contributed by atoms with Crippen LogP contribution in [0.1, 0.15) is 33.6 Å². The molecule has 1 fully saturated rings. The molecule has 1 aliphatic heterocycles. The third kappa shape index (κ3) is 5.28. The first-order valence-corrected chi connectivity index (χ1v) is 8.74. The minimum absolute atomic E-state index is 0.0830. The smallest absolute Gasteiger partial charge is 0.410 e. The fraction of sp³-hybridized carbons (Fsp3) is 0.579. The number of benzene rings is 1. The van der Waals surface area contributed by atoms with E-state index in [0.29, 0.717) is 43.1 Å². The van der Waals surface area contributed by atoms with E-state index in [1.807, 2.05) is 20.8 Å². The summed E-state index contributed by atoms with van der Waals surface area (Å²) in [6, 6.07) is 5.25. The van der Waals surface area contributed by atoms with E-state index >= 15 is 0 Å². The van der Waals surface area contributed by atoms with Crippen molar-refractivity contribution in [3.8, 4) is 11.5 Å². The van der Waals surface area contributed by atoms with Crippen molar-refractivity contribution in [2.75, 3.05) is 32.6 Å². The molecule has 0 atom stereocenters. The van der Waals surface area contributed by atoms with Gasteiger partial charge in [-0.25, -0.2) is 4.79 Å². The van der Waals surface area contributed by atoms with E-state index in [1.165, 1.54) is 0 Å². The van der Waals surface area contributed by atoms with Gasteiger partial charge < -0.3 is 24.4 Å². The third-order valence-corrected chi connectivity index (χ3v) is 4.18. The maximum atomic E-state index is 12.6. The van der Waals surface area contributed by atoms with Crippen molar-refractivity contribution >= 4 is 17.7 Å². The van der Waals surface area contributed by atoms with Crippen LogP contribution in [0.3, 0.4) is 0 Å². The van der Waals surface area contributed by atoms with Crippen LogP contribution in [0.25, 0.3) is 0 Å². The molecule has 144 valence electrons. The number of methoxy groups -OCH3 is 2. The predicted molar refractivity (Wildman–Crippen MR) is 98.7 cm³/mol. The van der Waals surface area contributed by atoms with Crippen LogP contribution < -0.4 is 14.8 Å². The topological polar surface area (TPSA) is 77.1 Å². The number of anilines is 1. The molecule has 1 heterocycles. The van der Waals surface area contributed by atoms with E-state index in [9.17, 15) is 9.59 Å². The lowest BCUT2D eigenvalue weighted by atomic mass is 9.96. The van der Waals surface area contributed by atoms with E-state index in [0.717, 1.165) is 0 Å². The molecule has 0 aliphatic carbocycles. The quantitative estimate of drug-likeness (QED) is 0.887. The fourth-order valence-electron chi connectivity index (χ4n) is 2.80. The van der Waals surface area contributed by atoms with E-state index < -0.39 is 5.60 Å². The van der Waals surface area contributed by atoms with Gasteiger partial charge in [0.1, 0.15) is 17.1 Å². The second-order valence-corrected chi connectivity index (χ2v) is 7.30. The van der Waals surface area contributed by atoms with Gasteiger partial charge in [0.2, 0.25) is 5.91 Å². The van der Waals surface area contributed by atoms with Crippen LogP contribution in [-0.4, -0.2) is 49.8 Å². The van der Waals surface area contributed by atoms with Crippen LogP contribution in [0, 0.1) is 5.92 Å². The monoisotopic (exact) mass is 364 g/mol. The van der Waals surface area contributed by atoms with Crippen LogP contribution in [0.15, 0.2) is 18.2 Å². The molecule has 1 N–H and O–H groups in total. The van der Waals surface area contributed by atoms with Crippen LogP contribution in [0.2, 0.25) is 0 Å². The second kappa shape index (κ2) is 8.29. The Bertz CT molecular complexity index is 646. The number of nitrogens with zero attached hydrogens (tertiary/aromatic N) is 1. The molecule has 26 heavy (non-hydrogen) atoms. The number of hydrogen-bond donors (Lipinski definition) is 1. The lowest BCUT2D eigenvalue weighted by Crippen LogP contribution is -2.43. The minimum atomic E-state index is -0.520. The Kier molecular flexibility index (Phi) is 6.34. The molecule has 0 bridgehead atoms. The molecule has 1 aromatic rings. The van der Waals surface area contributed by atoms with Crippen molar-refractivity contribution < 1.29 is 23.8 Å². The Balaban J connectivity index is 1.94. The molecule has 2 amide bonds. The van der Waals surface area contributed by atoms with Crippen molar-refractivity contribution in [2.45, 2.75) is 39.2 Å². The Hall–Kier alpha value is -2.44. The zero-order valence-corrected chi connectivity index (χ0v) is 16.1. The molecular formula is C19H28N2O5. The first-order valence-electron chi connectivity index (χ1n) is 8.74. The largest absolute Gasteiger partial charge is 0.497 e. The number of amides is 2. The predicted octanol–water partition coefficient (Wildman–Crippen LogP) is 3.29. The molecule has 0 spiro atoms. The van der Waals surface area contributed by atoms with Gasteiger partial charge in [-0.05, 0) is 45.7 Å². The molecule has 0 unspecified atom stereocenters. The number of likely N-dealkylation sites (tertiary alicyclic amines) is 1. The minimum Gasteiger partial charge on any atom is -0.497 e. The van der Waals surface area contributed by atoms with Crippen LogP contribution >= 0.6 is 0 Å². The molecule has 1 aromatic carbocycles. The lowest BCUT2D eigenvalue weighted by Gasteiger charge is -2.33. The lowest BCUT2D eigenvalue weighted by molar-refractivity contribution is -0.121. The molecule has 1 saturated heterocycles. The van der Waals surface area contributed by atoms with Gasteiger partial charge in [0.05, 0.1) is 19.9 Å². The second-order valence-electron chi connectivity index (χ2n) is 7.30. The Morgan fingerprint density at radius 2 is 1.77 bits per heavy atom. The van der Waals surface area contributed by atoms with E-state index in [1.54, 1.807) is 37.3 Å². The van der Waals surface area contributed by atoms with Crippen molar-refractivity contribution in [3.05, 3.63) is 18.2 Å². The molecule has 7 heteroatoms. The average molecular weight is 364 g/mol. The van der Waals surface area contributed by atoms with Gasteiger partial charge in [-0.15, -0.1) is 0 Å². The molecule has 1 aliphatic rings. The SMILES string of the molecule is COc1ccc(OC)c(NC(=O)C2CCN(C(=O)OC(C)(C)C)CC2)c1. The summed E-state index contributed by atoms with van der Waals surface area (Å²) in [6.07, 6.45) is 0.861. The molecule has 0 radical (unpaired) electrons. The Morgan fingerprint density at radius 1 is 1.12 bits per heavy atom. The highest BCUT2D eigenvalue weighted by atomic mass is 16.6. The Morgan fingerprint density at radius 3 is 2.31 bits per heavy atom. The standard InChI is InChI=1S/C19H28N2O5/c1-19(2,3)26-18(23)21-10-8-13(9-11-21)17(22)20-15-12-14(24-4)6-7-16(15)25-5/h6-7,12-13H,8-11H2,1-5H3,(H,20,22). The van der Waals surface area contributed by atoms with Crippen molar-refractivity contribution in [1.82, 2.24) is 4.90 Å². The summed E-state index contributed by atoms with van der Waals surface area (Å²) >= 11 is 0. The molecular weight excluding hydrogens is 336 g/mol. The summed E-state index contributed by atoms with van der Waals surface area (Å²) in [6.45, 7) is 6.52. The number of carbonyl (C=O) groups excluding carboxylic acids is 2. The van der Waals surface area contributed by atoms with Gasteiger partial charge >= 0.3 is 6.09 Å². The molecule has 7 nitrogen and oxygen atoms in total. The van der Waals surface area contributed by atoms with Crippen molar-refractivity contribution in [1.29, 1.82) is 0 Å². The number of nitrogens with one attached hydrogen (secondary N) is 1. The Labute approximate surface area is 154 Å². The van der Waals surface area contributed by atoms with Gasteiger partial charge in [-0.3, -0.25) is 4.79 Å². The number of rotatable bonds is 4. The number of piperidine rings is 1.